The number of nitrogens with one attached hydrogen (secondary N) is 2. The quantitative estimate of drug-likeness (QED) is 0.140. The Morgan fingerprint density at radius 1 is 0.548 bits per heavy atom. The summed E-state index contributed by atoms with van der Waals surface area (Å²) in [5.41, 5.74) is 17.5. The molecule has 0 atom stereocenters. The number of aryl methyl sites for hydroxylation is 2. The topological polar surface area (TPSA) is 131 Å². The molecule has 0 saturated carbocycles. The van der Waals surface area contributed by atoms with Crippen molar-refractivity contribution in [2.24, 2.45) is 0 Å². The van der Waals surface area contributed by atoms with Gasteiger partial charge in [-0.15, -0.1) is 0 Å². The van der Waals surface area contributed by atoms with Crippen molar-refractivity contribution in [2.45, 2.75) is 65.5 Å². The molecule has 0 amide bonds. The van der Waals surface area contributed by atoms with E-state index in [4.69, 9.17) is 10.2 Å². The van der Waals surface area contributed by atoms with Crippen LogP contribution in [0.1, 0.15) is 61.8 Å². The molecule has 10 rings (SSSR count). The van der Waals surface area contributed by atoms with Gasteiger partial charge in [0.1, 0.15) is 12.7 Å². The molecule has 0 radical (unpaired) electrons. The van der Waals surface area contributed by atoms with Crippen molar-refractivity contribution in [2.75, 3.05) is 64.2 Å². The van der Waals surface area contributed by atoms with E-state index in [1.807, 2.05) is 21.4 Å². The zero-order valence-electron chi connectivity index (χ0n) is 37.6. The number of benzene rings is 2. The molecule has 2 N–H and O–H groups in total. The molecule has 8 aromatic rings. The minimum absolute atomic E-state index is 0.325. The van der Waals surface area contributed by atoms with Crippen LogP contribution in [-0.2, 0) is 0 Å². The molecule has 6 aromatic heterocycles. The van der Waals surface area contributed by atoms with Crippen LogP contribution in [0.15, 0.2) is 85.7 Å². The molecule has 2 saturated heterocycles. The normalized spacial score (nSPS) is 14.7. The molecule has 2 fully saturated rings. The third-order valence-corrected chi connectivity index (χ3v) is 12.7. The SMILES string of the molecule is Cc1cc(-c2[nH]nc(-c3ccc(N4CC(N(C)C)C4)cc3)c2C(C)C)cn2ncnc12.Cc1cc(-c2[nH]nc(-c3ccc(N4CC(N(C)C)C4)cc3)c2C(C)C)cn2ncnc12. The summed E-state index contributed by atoms with van der Waals surface area (Å²) in [5.74, 6) is 0.651. The first-order valence-corrected chi connectivity index (χ1v) is 21.6. The van der Waals surface area contributed by atoms with Crippen LogP contribution in [0.25, 0.3) is 56.3 Å². The number of likely N-dealkylation sites (N-methyl/N-ethyl adjacent to an activating group) is 2. The Bertz CT molecular complexity index is 2620. The molecule has 0 spiro atoms. The molecule has 0 bridgehead atoms. The largest absolute Gasteiger partial charge is 0.368 e. The highest BCUT2D eigenvalue weighted by Crippen LogP contribution is 2.39. The summed E-state index contributed by atoms with van der Waals surface area (Å²) in [4.78, 5) is 18.1. The summed E-state index contributed by atoms with van der Waals surface area (Å²) in [7, 11) is 8.59. The summed E-state index contributed by atoms with van der Waals surface area (Å²) in [6, 6.07) is 23.2. The van der Waals surface area contributed by atoms with E-state index in [0.29, 0.717) is 23.9 Å². The predicted molar refractivity (Wildman–Crippen MR) is 249 cm³/mol. The van der Waals surface area contributed by atoms with Gasteiger partial charge in [0.15, 0.2) is 11.3 Å². The van der Waals surface area contributed by atoms with Crippen LogP contribution in [0.2, 0.25) is 0 Å². The number of hydrogen-bond donors (Lipinski definition) is 2. The van der Waals surface area contributed by atoms with Crippen molar-refractivity contribution >= 4 is 22.7 Å². The van der Waals surface area contributed by atoms with Crippen LogP contribution >= 0.6 is 0 Å². The van der Waals surface area contributed by atoms with Gasteiger partial charge in [0.2, 0.25) is 0 Å². The van der Waals surface area contributed by atoms with E-state index in [-0.39, 0.29) is 0 Å². The van der Waals surface area contributed by atoms with Crippen molar-refractivity contribution in [1.82, 2.24) is 59.4 Å². The molecular formula is C48H58N14. The maximum Gasteiger partial charge on any atom is 0.158 e. The Kier molecular flexibility index (Phi) is 10.9. The van der Waals surface area contributed by atoms with Gasteiger partial charge in [-0.3, -0.25) is 10.2 Å². The van der Waals surface area contributed by atoms with Gasteiger partial charge in [0.05, 0.1) is 22.8 Å². The number of hydrogen-bond acceptors (Lipinski definition) is 10. The molecule has 0 unspecified atom stereocenters. The number of fused-ring (bicyclic) bond motifs is 2. The lowest BCUT2D eigenvalue weighted by atomic mass is 9.94. The zero-order valence-corrected chi connectivity index (χ0v) is 37.6. The number of pyridine rings is 2. The number of aromatic nitrogens is 10. The highest BCUT2D eigenvalue weighted by atomic mass is 15.3. The van der Waals surface area contributed by atoms with Gasteiger partial charge in [0, 0.05) is 95.4 Å². The molecule has 62 heavy (non-hydrogen) atoms. The van der Waals surface area contributed by atoms with Gasteiger partial charge >= 0.3 is 0 Å². The van der Waals surface area contributed by atoms with Crippen LogP contribution in [0.3, 0.4) is 0 Å². The number of H-pyrrole nitrogens is 2. The second-order valence-corrected chi connectivity index (χ2v) is 18.0. The summed E-state index contributed by atoms with van der Waals surface area (Å²) >= 11 is 0. The van der Waals surface area contributed by atoms with E-state index in [9.17, 15) is 0 Å². The highest BCUT2D eigenvalue weighted by molar-refractivity contribution is 5.78. The molecule has 8 heterocycles. The number of rotatable bonds is 10. The summed E-state index contributed by atoms with van der Waals surface area (Å²) in [6.07, 6.45) is 7.22. The smallest absolute Gasteiger partial charge is 0.158 e. The lowest BCUT2D eigenvalue weighted by molar-refractivity contribution is 0.247. The van der Waals surface area contributed by atoms with Crippen molar-refractivity contribution in [1.29, 1.82) is 0 Å². The minimum Gasteiger partial charge on any atom is -0.368 e. The Morgan fingerprint density at radius 2 is 0.919 bits per heavy atom. The molecule has 2 aromatic carbocycles. The molecule has 320 valence electrons. The summed E-state index contributed by atoms with van der Waals surface area (Å²) in [5, 5.41) is 24.7. The Balaban J connectivity index is 0.000000158. The first kappa shape index (κ1) is 41.0. The standard InChI is InChI=1S/2C24H29N7/c2*1-15(2)21-22(17-6-8-19(9-7-17)30-12-20(13-30)29(4)5)27-28-23(21)18-10-16(3)24-25-14-26-31(24)11-18/h2*6-11,14-15,20H,12-13H2,1-5H3,(H,27,28). The van der Waals surface area contributed by atoms with Gasteiger partial charge in [-0.05, 0) is 101 Å². The number of aromatic amines is 2. The first-order chi connectivity index (χ1) is 29.8. The second-order valence-electron chi connectivity index (χ2n) is 18.0. The third-order valence-electron chi connectivity index (χ3n) is 12.7. The fraction of sp³-hybridized carbons (Fsp3) is 0.375. The summed E-state index contributed by atoms with van der Waals surface area (Å²) < 4.78 is 3.66. The van der Waals surface area contributed by atoms with Crippen molar-refractivity contribution in [3.63, 3.8) is 0 Å². The average Bonchev–Trinajstić information content (AvgIpc) is 4.03. The van der Waals surface area contributed by atoms with E-state index in [1.165, 1.54) is 22.5 Å². The molecule has 2 aliphatic rings. The van der Waals surface area contributed by atoms with Crippen LogP contribution in [0.5, 0.6) is 0 Å². The fourth-order valence-corrected chi connectivity index (χ4v) is 8.81. The lowest BCUT2D eigenvalue weighted by Crippen LogP contribution is -2.57. The summed E-state index contributed by atoms with van der Waals surface area (Å²) in [6.45, 7) is 17.3. The molecule has 2 aliphatic heterocycles. The van der Waals surface area contributed by atoms with E-state index in [0.717, 1.165) is 93.6 Å². The van der Waals surface area contributed by atoms with E-state index >= 15 is 0 Å². The van der Waals surface area contributed by atoms with Crippen molar-refractivity contribution in [3.8, 4) is 45.0 Å². The van der Waals surface area contributed by atoms with Crippen LogP contribution < -0.4 is 9.80 Å². The molecular weight excluding hydrogens is 773 g/mol. The Hall–Kier alpha value is -6.38. The first-order valence-electron chi connectivity index (χ1n) is 21.6. The maximum absolute atomic E-state index is 4.73. The van der Waals surface area contributed by atoms with Gasteiger partial charge in [-0.25, -0.2) is 19.0 Å². The van der Waals surface area contributed by atoms with E-state index in [2.05, 4.69) is 180 Å². The fourth-order valence-electron chi connectivity index (χ4n) is 8.81. The lowest BCUT2D eigenvalue weighted by Gasteiger charge is -2.44. The van der Waals surface area contributed by atoms with Crippen LogP contribution in [0, 0.1) is 13.8 Å². The molecule has 0 aliphatic carbocycles. The number of nitrogens with zero attached hydrogens (tertiary/aromatic N) is 12. The van der Waals surface area contributed by atoms with Gasteiger partial charge in [-0.1, -0.05) is 52.0 Å². The van der Waals surface area contributed by atoms with Crippen LogP contribution in [-0.4, -0.2) is 126 Å². The Morgan fingerprint density at radius 3 is 1.26 bits per heavy atom. The van der Waals surface area contributed by atoms with Crippen molar-refractivity contribution in [3.05, 3.63) is 108 Å². The van der Waals surface area contributed by atoms with Gasteiger partial charge < -0.3 is 19.6 Å². The Labute approximate surface area is 363 Å². The third kappa shape index (κ3) is 7.62. The second kappa shape index (κ2) is 16.5. The zero-order chi connectivity index (χ0) is 43.4. The monoisotopic (exact) mass is 830 g/mol. The maximum atomic E-state index is 4.73. The number of anilines is 2. The van der Waals surface area contributed by atoms with Gasteiger partial charge in [0.25, 0.3) is 0 Å². The van der Waals surface area contributed by atoms with E-state index < -0.39 is 0 Å². The molecule has 14 heteroatoms. The predicted octanol–water partition coefficient (Wildman–Crippen LogP) is 7.94. The van der Waals surface area contributed by atoms with Gasteiger partial charge in [-0.2, -0.15) is 20.4 Å². The average molecular weight is 831 g/mol. The molecule has 14 nitrogen and oxygen atoms in total. The highest BCUT2D eigenvalue weighted by Gasteiger charge is 2.30. The minimum atomic E-state index is 0.325. The van der Waals surface area contributed by atoms with E-state index in [1.54, 1.807) is 12.7 Å². The van der Waals surface area contributed by atoms with Crippen LogP contribution in [0.4, 0.5) is 11.4 Å². The van der Waals surface area contributed by atoms with Crippen molar-refractivity contribution < 1.29 is 0 Å².